The summed E-state index contributed by atoms with van der Waals surface area (Å²) >= 11 is 0. The molecule has 1 aliphatic heterocycles. The van der Waals surface area contributed by atoms with Crippen molar-refractivity contribution in [2.24, 2.45) is 5.92 Å². The van der Waals surface area contributed by atoms with Crippen molar-refractivity contribution in [3.05, 3.63) is 100 Å². The van der Waals surface area contributed by atoms with Crippen LogP contribution in [0, 0.1) is 17.6 Å². The Labute approximate surface area is 258 Å². The van der Waals surface area contributed by atoms with Gasteiger partial charge >= 0.3 is 0 Å². The highest BCUT2D eigenvalue weighted by atomic mass is 19.1. The van der Waals surface area contributed by atoms with E-state index in [9.17, 15) is 13.9 Å². The molecule has 2 atom stereocenters. The number of hydrogen-bond acceptors (Lipinski definition) is 3. The van der Waals surface area contributed by atoms with E-state index in [1.165, 1.54) is 36.2 Å². The van der Waals surface area contributed by atoms with Gasteiger partial charge in [0.15, 0.2) is 0 Å². The molecule has 4 rings (SSSR count). The molecule has 3 aromatic rings. The monoisotopic (exact) mass is 590 g/mol. The second-order valence-corrected chi connectivity index (χ2v) is 14.6. The average Bonchev–Trinajstić information content (AvgIpc) is 3.48. The molecular weight excluding hydrogens is 538 g/mol. The quantitative estimate of drug-likeness (QED) is 0.184. The zero-order chi connectivity index (χ0) is 31.2. The lowest BCUT2D eigenvalue weighted by atomic mass is 9.78. The van der Waals surface area contributed by atoms with Gasteiger partial charge in [-0.2, -0.15) is 0 Å². The Balaban J connectivity index is 1.40. The van der Waals surface area contributed by atoms with Crippen molar-refractivity contribution in [1.29, 1.82) is 0 Å². The van der Waals surface area contributed by atoms with Gasteiger partial charge in [-0.25, -0.2) is 8.78 Å². The van der Waals surface area contributed by atoms with Gasteiger partial charge in [0.2, 0.25) is 0 Å². The number of halogens is 2. The van der Waals surface area contributed by atoms with E-state index in [0.29, 0.717) is 17.7 Å². The Bertz CT molecular complexity index is 1220. The number of nitrogens with one attached hydrogen (secondary N) is 2. The summed E-state index contributed by atoms with van der Waals surface area (Å²) in [5, 5.41) is 18.6. The van der Waals surface area contributed by atoms with Crippen LogP contribution < -0.4 is 10.6 Å². The molecule has 0 aromatic heterocycles. The Morgan fingerprint density at radius 1 is 0.791 bits per heavy atom. The lowest BCUT2D eigenvalue weighted by Crippen LogP contribution is -2.37. The summed E-state index contributed by atoms with van der Waals surface area (Å²) in [6.07, 6.45) is 6.53. The van der Waals surface area contributed by atoms with Crippen LogP contribution in [0.25, 0.3) is 0 Å². The molecule has 5 heteroatoms. The first-order valence-electron chi connectivity index (χ1n) is 16.1. The van der Waals surface area contributed by atoms with Crippen LogP contribution in [-0.4, -0.2) is 24.2 Å². The van der Waals surface area contributed by atoms with Crippen LogP contribution in [-0.2, 0) is 17.4 Å². The minimum atomic E-state index is -0.238. The van der Waals surface area contributed by atoms with Crippen LogP contribution in [0.1, 0.15) is 114 Å². The van der Waals surface area contributed by atoms with Gasteiger partial charge in [-0.15, -0.1) is 0 Å². The van der Waals surface area contributed by atoms with Crippen molar-refractivity contribution in [2.75, 3.05) is 13.1 Å². The zero-order valence-electron chi connectivity index (χ0n) is 27.1. The first-order valence-corrected chi connectivity index (χ1v) is 16.1. The van der Waals surface area contributed by atoms with E-state index >= 15 is 0 Å². The van der Waals surface area contributed by atoms with Crippen LogP contribution >= 0.6 is 0 Å². The van der Waals surface area contributed by atoms with E-state index in [1.54, 1.807) is 0 Å². The molecule has 0 saturated carbocycles. The van der Waals surface area contributed by atoms with Crippen molar-refractivity contribution < 1.29 is 13.9 Å². The van der Waals surface area contributed by atoms with Gasteiger partial charge in [0.25, 0.3) is 0 Å². The molecule has 43 heavy (non-hydrogen) atoms. The van der Waals surface area contributed by atoms with Crippen molar-refractivity contribution >= 4 is 0 Å². The Kier molecular flexibility index (Phi) is 11.1. The molecule has 0 aliphatic carbocycles. The molecule has 3 nitrogen and oxygen atoms in total. The van der Waals surface area contributed by atoms with E-state index in [2.05, 4.69) is 64.3 Å². The lowest BCUT2D eigenvalue weighted by Gasteiger charge is -2.29. The van der Waals surface area contributed by atoms with Crippen molar-refractivity contribution in [1.82, 2.24) is 10.6 Å². The third-order valence-corrected chi connectivity index (χ3v) is 9.07. The first kappa shape index (κ1) is 33.1. The highest BCUT2D eigenvalue weighted by Gasteiger charge is 2.28. The summed E-state index contributed by atoms with van der Waals surface area (Å²) in [5.41, 5.74) is 5.10. The van der Waals surface area contributed by atoms with Crippen molar-refractivity contribution in [3.8, 4) is 5.75 Å². The average molecular weight is 591 g/mol. The van der Waals surface area contributed by atoms with Crippen LogP contribution in [0.5, 0.6) is 5.75 Å². The van der Waals surface area contributed by atoms with E-state index in [-0.39, 0.29) is 28.4 Å². The molecule has 0 radical (unpaired) electrons. The fourth-order valence-electron chi connectivity index (χ4n) is 6.52. The summed E-state index contributed by atoms with van der Waals surface area (Å²) in [6, 6.07) is 18.3. The maximum absolute atomic E-state index is 13.6. The second kappa shape index (κ2) is 14.3. The van der Waals surface area contributed by atoms with Crippen LogP contribution in [0.2, 0.25) is 0 Å². The number of hydrogen-bond donors (Lipinski definition) is 3. The third kappa shape index (κ3) is 9.12. The van der Waals surface area contributed by atoms with E-state index in [4.69, 9.17) is 0 Å². The second-order valence-electron chi connectivity index (χ2n) is 14.6. The number of phenolic OH excluding ortho intramolecular Hbond substituents is 1. The molecule has 0 bridgehead atoms. The molecule has 234 valence electrons. The van der Waals surface area contributed by atoms with E-state index in [0.717, 1.165) is 74.0 Å². The minimum Gasteiger partial charge on any atom is -0.507 e. The molecule has 1 saturated heterocycles. The number of phenols is 1. The molecule has 1 fully saturated rings. The highest BCUT2D eigenvalue weighted by Crippen LogP contribution is 2.40. The number of unbranched alkanes of at least 4 members (excludes halogenated alkanes) is 2. The van der Waals surface area contributed by atoms with Gasteiger partial charge in [-0.1, -0.05) is 97.2 Å². The standard InChI is InChI=1S/C38H52F2N2O/c1-37(2,3)33-22-26(23-34(36(33)43)38(4,5)6)24-42-35(29-20-21-41-25-29)11-9-7-8-10-32(27-12-16-30(39)17-13-27)28-14-18-31(40)19-15-28/h12-19,22-23,29,32,35,41-43H,7-11,20-21,24-25H2,1-6H3. The first-order chi connectivity index (χ1) is 20.3. The van der Waals surface area contributed by atoms with E-state index in [1.807, 2.05) is 24.3 Å². The highest BCUT2D eigenvalue weighted by molar-refractivity contribution is 5.50. The van der Waals surface area contributed by atoms with Crippen LogP contribution in [0.4, 0.5) is 8.78 Å². The summed E-state index contributed by atoms with van der Waals surface area (Å²) in [5.74, 6) is 0.682. The molecule has 3 N–H and O–H groups in total. The lowest BCUT2D eigenvalue weighted by molar-refractivity contribution is 0.341. The van der Waals surface area contributed by atoms with Crippen LogP contribution in [0.3, 0.4) is 0 Å². The molecule has 1 heterocycles. The Morgan fingerprint density at radius 2 is 1.30 bits per heavy atom. The van der Waals surface area contributed by atoms with Crippen molar-refractivity contribution in [2.45, 2.75) is 109 Å². The zero-order valence-corrected chi connectivity index (χ0v) is 27.1. The third-order valence-electron chi connectivity index (χ3n) is 9.07. The van der Waals surface area contributed by atoms with Gasteiger partial charge in [-0.05, 0) is 101 Å². The molecule has 3 aromatic carbocycles. The fourth-order valence-corrected chi connectivity index (χ4v) is 6.52. The Morgan fingerprint density at radius 3 is 1.77 bits per heavy atom. The fraction of sp³-hybridized carbons (Fsp3) is 0.526. The smallest absolute Gasteiger partial charge is 0.123 e. The molecule has 0 spiro atoms. The summed E-state index contributed by atoms with van der Waals surface area (Å²) < 4.78 is 27.2. The largest absolute Gasteiger partial charge is 0.507 e. The van der Waals surface area contributed by atoms with E-state index < -0.39 is 0 Å². The predicted octanol–water partition coefficient (Wildman–Crippen LogP) is 9.12. The Hall–Kier alpha value is -2.76. The summed E-state index contributed by atoms with van der Waals surface area (Å²) in [6.45, 7) is 15.9. The van der Waals surface area contributed by atoms with Gasteiger partial charge in [-0.3, -0.25) is 0 Å². The van der Waals surface area contributed by atoms with Crippen molar-refractivity contribution in [3.63, 3.8) is 0 Å². The topological polar surface area (TPSA) is 44.3 Å². The van der Waals surface area contributed by atoms with Gasteiger partial charge in [0.05, 0.1) is 0 Å². The maximum Gasteiger partial charge on any atom is 0.123 e. The van der Waals surface area contributed by atoms with Gasteiger partial charge in [0, 0.05) is 18.5 Å². The molecule has 2 unspecified atom stereocenters. The normalized spacial score (nSPS) is 16.6. The minimum absolute atomic E-state index is 0.123. The SMILES string of the molecule is CC(C)(C)c1cc(CNC(CCCCCC(c2ccc(F)cc2)c2ccc(F)cc2)C2CCNC2)cc(C(C)(C)C)c1O. The summed E-state index contributed by atoms with van der Waals surface area (Å²) in [4.78, 5) is 0. The molecule has 1 aliphatic rings. The number of aromatic hydroxyl groups is 1. The van der Waals surface area contributed by atoms with Gasteiger partial charge in [0.1, 0.15) is 17.4 Å². The van der Waals surface area contributed by atoms with Gasteiger partial charge < -0.3 is 15.7 Å². The maximum atomic E-state index is 13.6. The summed E-state index contributed by atoms with van der Waals surface area (Å²) in [7, 11) is 0. The number of rotatable bonds is 12. The molecular formula is C38H52F2N2O. The van der Waals surface area contributed by atoms with Crippen LogP contribution in [0.15, 0.2) is 60.7 Å². The predicted molar refractivity (Wildman–Crippen MR) is 175 cm³/mol. The number of benzene rings is 3. The molecule has 0 amide bonds.